The molecule has 112 valence electrons. The average Bonchev–Trinajstić information content (AvgIpc) is 2.51. The van der Waals surface area contributed by atoms with Gasteiger partial charge in [-0.15, -0.1) is 0 Å². The summed E-state index contributed by atoms with van der Waals surface area (Å²) >= 11 is 0. The van der Waals surface area contributed by atoms with Crippen LogP contribution in [0, 0.1) is 0 Å². The second kappa shape index (κ2) is 8.42. The molecule has 0 atom stereocenters. The van der Waals surface area contributed by atoms with E-state index in [1.807, 2.05) is 18.2 Å². The third-order valence-electron chi connectivity index (χ3n) is 3.30. The summed E-state index contributed by atoms with van der Waals surface area (Å²) in [4.78, 5) is 4.16. The number of benzene rings is 1. The highest BCUT2D eigenvalue weighted by Crippen LogP contribution is 2.24. The molecule has 0 unspecified atom stereocenters. The predicted molar refractivity (Wildman–Crippen MR) is 86.7 cm³/mol. The van der Waals surface area contributed by atoms with Crippen molar-refractivity contribution in [3.63, 3.8) is 0 Å². The Kier molecular flexibility index (Phi) is 6.22. The molecule has 0 aliphatic rings. The summed E-state index contributed by atoms with van der Waals surface area (Å²) in [6, 6.07) is 10.3. The second-order valence-electron chi connectivity index (χ2n) is 5.16. The van der Waals surface area contributed by atoms with Crippen LogP contribution in [0.1, 0.15) is 37.8 Å². The summed E-state index contributed by atoms with van der Waals surface area (Å²) in [6.07, 6.45) is 6.98. The van der Waals surface area contributed by atoms with E-state index in [1.165, 1.54) is 5.56 Å². The predicted octanol–water partition coefficient (Wildman–Crippen LogP) is 4.33. The first-order valence-electron chi connectivity index (χ1n) is 7.74. The summed E-state index contributed by atoms with van der Waals surface area (Å²) in [5.41, 5.74) is 2.48. The quantitative estimate of drug-likeness (QED) is 0.733. The van der Waals surface area contributed by atoms with Gasteiger partial charge in [-0.05, 0) is 43.1 Å². The molecule has 0 saturated heterocycles. The number of hydrogen-bond donors (Lipinski definition) is 1. The van der Waals surface area contributed by atoms with E-state index in [-0.39, 0.29) is 0 Å². The average molecular weight is 284 g/mol. The highest BCUT2D eigenvalue weighted by molar-refractivity contribution is 5.36. The molecule has 2 rings (SSSR count). The van der Waals surface area contributed by atoms with E-state index in [9.17, 15) is 0 Å². The molecule has 0 amide bonds. The molecule has 0 aliphatic carbocycles. The van der Waals surface area contributed by atoms with Crippen molar-refractivity contribution in [2.45, 2.75) is 39.7 Å². The molecule has 1 aromatic carbocycles. The normalized spacial score (nSPS) is 10.6. The standard InChI is InChI=1S/C18H24N2O/c1-3-5-15-6-8-17(9-7-15)21-18-14-20-12-10-16(18)13-19-11-4-2/h6-10,12,14,19H,3-5,11,13H2,1-2H3. The fourth-order valence-corrected chi connectivity index (χ4v) is 2.19. The van der Waals surface area contributed by atoms with Crippen molar-refractivity contribution in [1.29, 1.82) is 0 Å². The first-order chi connectivity index (χ1) is 10.3. The largest absolute Gasteiger partial charge is 0.455 e. The van der Waals surface area contributed by atoms with Gasteiger partial charge in [0.1, 0.15) is 11.5 Å². The van der Waals surface area contributed by atoms with E-state index in [0.717, 1.165) is 49.4 Å². The molecule has 0 radical (unpaired) electrons. The van der Waals surface area contributed by atoms with Gasteiger partial charge >= 0.3 is 0 Å². The van der Waals surface area contributed by atoms with E-state index in [1.54, 1.807) is 12.4 Å². The Bertz CT molecular complexity index is 537. The third kappa shape index (κ3) is 4.87. The monoisotopic (exact) mass is 284 g/mol. The maximum Gasteiger partial charge on any atom is 0.150 e. The minimum atomic E-state index is 0.805. The molecule has 21 heavy (non-hydrogen) atoms. The molecule has 1 aromatic heterocycles. The van der Waals surface area contributed by atoms with Gasteiger partial charge in [0.25, 0.3) is 0 Å². The van der Waals surface area contributed by atoms with Crippen molar-refractivity contribution < 1.29 is 4.74 Å². The molecular formula is C18H24N2O. The van der Waals surface area contributed by atoms with Crippen molar-refractivity contribution in [1.82, 2.24) is 10.3 Å². The van der Waals surface area contributed by atoms with Crippen molar-refractivity contribution in [3.05, 3.63) is 53.9 Å². The van der Waals surface area contributed by atoms with E-state index in [0.29, 0.717) is 0 Å². The molecule has 1 heterocycles. The SMILES string of the molecule is CCCNCc1ccncc1Oc1ccc(CCC)cc1. The van der Waals surface area contributed by atoms with Gasteiger partial charge in [0, 0.05) is 18.3 Å². The van der Waals surface area contributed by atoms with Gasteiger partial charge in [0.15, 0.2) is 0 Å². The minimum Gasteiger partial charge on any atom is -0.455 e. The van der Waals surface area contributed by atoms with E-state index in [4.69, 9.17) is 4.74 Å². The maximum atomic E-state index is 5.97. The van der Waals surface area contributed by atoms with Crippen LogP contribution in [0.2, 0.25) is 0 Å². The highest BCUT2D eigenvalue weighted by atomic mass is 16.5. The van der Waals surface area contributed by atoms with Crippen LogP contribution in [-0.2, 0) is 13.0 Å². The summed E-state index contributed by atoms with van der Waals surface area (Å²) in [7, 11) is 0. The highest BCUT2D eigenvalue weighted by Gasteiger charge is 2.05. The Labute approximate surface area is 127 Å². The molecule has 1 N–H and O–H groups in total. The van der Waals surface area contributed by atoms with Crippen LogP contribution in [-0.4, -0.2) is 11.5 Å². The Morgan fingerprint density at radius 3 is 2.57 bits per heavy atom. The fourth-order valence-electron chi connectivity index (χ4n) is 2.19. The van der Waals surface area contributed by atoms with Crippen LogP contribution in [0.25, 0.3) is 0 Å². The van der Waals surface area contributed by atoms with Crippen molar-refractivity contribution >= 4 is 0 Å². The molecule has 2 aromatic rings. The Hall–Kier alpha value is -1.87. The van der Waals surface area contributed by atoms with Crippen LogP contribution in [0.4, 0.5) is 0 Å². The first-order valence-corrected chi connectivity index (χ1v) is 7.74. The van der Waals surface area contributed by atoms with Crippen molar-refractivity contribution in [3.8, 4) is 11.5 Å². The lowest BCUT2D eigenvalue weighted by atomic mass is 10.1. The lowest BCUT2D eigenvalue weighted by molar-refractivity contribution is 0.470. The zero-order chi connectivity index (χ0) is 14.9. The van der Waals surface area contributed by atoms with Gasteiger partial charge < -0.3 is 10.1 Å². The third-order valence-corrected chi connectivity index (χ3v) is 3.30. The molecule has 3 heteroatoms. The van der Waals surface area contributed by atoms with Gasteiger partial charge in [-0.3, -0.25) is 4.98 Å². The number of nitrogens with one attached hydrogen (secondary N) is 1. The summed E-state index contributed by atoms with van der Waals surface area (Å²) in [5, 5.41) is 3.40. The molecular weight excluding hydrogens is 260 g/mol. The van der Waals surface area contributed by atoms with Gasteiger partial charge in [-0.1, -0.05) is 32.4 Å². The van der Waals surface area contributed by atoms with E-state index < -0.39 is 0 Å². The minimum absolute atomic E-state index is 0.805. The number of hydrogen-bond acceptors (Lipinski definition) is 3. The lowest BCUT2D eigenvalue weighted by Gasteiger charge is -2.11. The fraction of sp³-hybridized carbons (Fsp3) is 0.389. The van der Waals surface area contributed by atoms with Gasteiger partial charge in [0.2, 0.25) is 0 Å². The topological polar surface area (TPSA) is 34.2 Å². The zero-order valence-electron chi connectivity index (χ0n) is 12.9. The molecule has 0 spiro atoms. The molecule has 0 saturated carbocycles. The lowest BCUT2D eigenvalue weighted by Crippen LogP contribution is -2.14. The van der Waals surface area contributed by atoms with Crippen LogP contribution in [0.15, 0.2) is 42.7 Å². The van der Waals surface area contributed by atoms with Crippen molar-refractivity contribution in [2.75, 3.05) is 6.54 Å². The van der Waals surface area contributed by atoms with Gasteiger partial charge in [-0.25, -0.2) is 0 Å². The maximum absolute atomic E-state index is 5.97. The Balaban J connectivity index is 2.04. The van der Waals surface area contributed by atoms with Gasteiger partial charge in [-0.2, -0.15) is 0 Å². The number of rotatable bonds is 8. The Morgan fingerprint density at radius 1 is 1.05 bits per heavy atom. The number of pyridine rings is 1. The van der Waals surface area contributed by atoms with Crippen LogP contribution in [0.3, 0.4) is 0 Å². The van der Waals surface area contributed by atoms with Crippen molar-refractivity contribution in [2.24, 2.45) is 0 Å². The summed E-state index contributed by atoms with van der Waals surface area (Å²) in [6.45, 7) is 6.16. The van der Waals surface area contributed by atoms with Gasteiger partial charge in [0.05, 0.1) is 6.20 Å². The second-order valence-corrected chi connectivity index (χ2v) is 5.16. The summed E-state index contributed by atoms with van der Waals surface area (Å²) in [5.74, 6) is 1.68. The van der Waals surface area contributed by atoms with E-state index in [2.05, 4.69) is 36.3 Å². The molecule has 0 bridgehead atoms. The molecule has 3 nitrogen and oxygen atoms in total. The molecule has 0 fully saturated rings. The zero-order valence-corrected chi connectivity index (χ0v) is 12.9. The molecule has 0 aliphatic heterocycles. The smallest absolute Gasteiger partial charge is 0.150 e. The first kappa shape index (κ1) is 15.5. The number of aryl methyl sites for hydroxylation is 1. The number of aromatic nitrogens is 1. The van der Waals surface area contributed by atoms with Crippen LogP contribution >= 0.6 is 0 Å². The number of ether oxygens (including phenoxy) is 1. The Morgan fingerprint density at radius 2 is 1.86 bits per heavy atom. The van der Waals surface area contributed by atoms with E-state index >= 15 is 0 Å². The number of nitrogens with zero attached hydrogens (tertiary/aromatic N) is 1. The van der Waals surface area contributed by atoms with Crippen LogP contribution in [0.5, 0.6) is 11.5 Å². The van der Waals surface area contributed by atoms with Crippen LogP contribution < -0.4 is 10.1 Å². The summed E-state index contributed by atoms with van der Waals surface area (Å²) < 4.78 is 5.97.